The Labute approximate surface area is 109 Å². The molecule has 2 aromatic rings. The van der Waals surface area contributed by atoms with E-state index < -0.39 is 9.84 Å². The first kappa shape index (κ1) is 13.2. The maximum Gasteiger partial charge on any atom is 0.271 e. The zero-order valence-corrected chi connectivity index (χ0v) is 11.8. The second-order valence-electron chi connectivity index (χ2n) is 4.08. The van der Waals surface area contributed by atoms with Crippen LogP contribution in [-0.4, -0.2) is 29.5 Å². The summed E-state index contributed by atoms with van der Waals surface area (Å²) in [6, 6.07) is 0. The zero-order chi connectivity index (χ0) is 13.3. The van der Waals surface area contributed by atoms with Gasteiger partial charge in [0.05, 0.1) is 17.6 Å². The molecule has 0 aliphatic heterocycles. The number of thiophene rings is 1. The van der Waals surface area contributed by atoms with Crippen molar-refractivity contribution in [2.24, 2.45) is 0 Å². The minimum Gasteiger partial charge on any atom is -0.297 e. The van der Waals surface area contributed by atoms with Crippen LogP contribution >= 0.6 is 11.3 Å². The fourth-order valence-electron chi connectivity index (χ4n) is 1.60. The quantitative estimate of drug-likeness (QED) is 0.847. The van der Waals surface area contributed by atoms with Crippen molar-refractivity contribution in [1.82, 2.24) is 9.55 Å². The van der Waals surface area contributed by atoms with E-state index >= 15 is 0 Å². The molecule has 0 radical (unpaired) electrons. The first-order valence-corrected chi connectivity index (χ1v) is 8.28. The Balaban J connectivity index is 2.36. The lowest BCUT2D eigenvalue weighted by molar-refractivity contribution is 0.588. The van der Waals surface area contributed by atoms with E-state index in [1.54, 1.807) is 6.92 Å². The van der Waals surface area contributed by atoms with Crippen LogP contribution in [0.4, 0.5) is 0 Å². The summed E-state index contributed by atoms with van der Waals surface area (Å²) in [7, 11) is -3.07. The molecule has 2 rings (SSSR count). The molecule has 0 aromatic carbocycles. The van der Waals surface area contributed by atoms with Crippen molar-refractivity contribution < 1.29 is 8.42 Å². The van der Waals surface area contributed by atoms with Crippen molar-refractivity contribution >= 4 is 31.4 Å². The standard InChI is InChI=1S/C11H14N2O3S2/c1-3-18(15,16)5-4-13-7-12-9-8(2)6-17-10(9)11(13)14/h6-7H,3-5H2,1-2H3. The number of sulfone groups is 1. The van der Waals surface area contributed by atoms with Crippen LogP contribution in [0.1, 0.15) is 12.5 Å². The molecule has 7 heteroatoms. The summed E-state index contributed by atoms with van der Waals surface area (Å²) in [6.07, 6.45) is 1.43. The van der Waals surface area contributed by atoms with Crippen molar-refractivity contribution in [2.45, 2.75) is 20.4 Å². The molecule has 18 heavy (non-hydrogen) atoms. The summed E-state index contributed by atoms with van der Waals surface area (Å²) in [5.41, 5.74) is 1.52. The lowest BCUT2D eigenvalue weighted by atomic mass is 10.3. The van der Waals surface area contributed by atoms with Crippen LogP contribution in [0.15, 0.2) is 16.5 Å². The molecule has 2 heterocycles. The molecule has 0 aliphatic carbocycles. The largest absolute Gasteiger partial charge is 0.297 e. The number of aromatic nitrogens is 2. The first-order chi connectivity index (χ1) is 8.44. The van der Waals surface area contributed by atoms with Gasteiger partial charge in [-0.25, -0.2) is 13.4 Å². The summed E-state index contributed by atoms with van der Waals surface area (Å²) in [4.78, 5) is 16.3. The predicted octanol–water partition coefficient (Wildman–Crippen LogP) is 1.20. The Morgan fingerprint density at radius 2 is 2.17 bits per heavy atom. The minimum atomic E-state index is -3.07. The first-order valence-electron chi connectivity index (χ1n) is 5.58. The number of rotatable bonds is 4. The molecule has 0 aliphatic rings. The second-order valence-corrected chi connectivity index (χ2v) is 7.43. The van der Waals surface area contributed by atoms with E-state index in [1.165, 1.54) is 22.2 Å². The number of hydrogen-bond acceptors (Lipinski definition) is 5. The SMILES string of the molecule is CCS(=O)(=O)CCn1cnc2c(C)csc2c1=O. The van der Waals surface area contributed by atoms with E-state index in [-0.39, 0.29) is 23.6 Å². The van der Waals surface area contributed by atoms with Gasteiger partial charge in [0.1, 0.15) is 4.70 Å². The average molecular weight is 286 g/mol. The number of fused-ring (bicyclic) bond motifs is 1. The summed E-state index contributed by atoms with van der Waals surface area (Å²) in [6.45, 7) is 3.66. The van der Waals surface area contributed by atoms with Crippen LogP contribution in [0.25, 0.3) is 10.2 Å². The smallest absolute Gasteiger partial charge is 0.271 e. The van der Waals surface area contributed by atoms with Crippen LogP contribution in [0.2, 0.25) is 0 Å². The summed E-state index contributed by atoms with van der Waals surface area (Å²) in [5.74, 6) is 0.0660. The van der Waals surface area contributed by atoms with Crippen LogP contribution < -0.4 is 5.56 Å². The molecule has 0 spiro atoms. The highest BCUT2D eigenvalue weighted by Gasteiger charge is 2.11. The summed E-state index contributed by atoms with van der Waals surface area (Å²) < 4.78 is 24.8. The maximum atomic E-state index is 12.1. The van der Waals surface area contributed by atoms with Gasteiger partial charge in [-0.05, 0) is 17.9 Å². The third-order valence-electron chi connectivity index (χ3n) is 2.81. The van der Waals surface area contributed by atoms with Gasteiger partial charge in [0.15, 0.2) is 9.84 Å². The molecule has 98 valence electrons. The molecule has 0 atom stereocenters. The Morgan fingerprint density at radius 3 is 2.83 bits per heavy atom. The highest BCUT2D eigenvalue weighted by atomic mass is 32.2. The topological polar surface area (TPSA) is 69.0 Å². The molecule has 0 bridgehead atoms. The van der Waals surface area contributed by atoms with Crippen molar-refractivity contribution in [1.29, 1.82) is 0 Å². The molecule has 2 aromatic heterocycles. The summed E-state index contributed by atoms with van der Waals surface area (Å²) in [5, 5.41) is 1.88. The van der Waals surface area contributed by atoms with Crippen LogP contribution in [0.5, 0.6) is 0 Å². The van der Waals surface area contributed by atoms with Gasteiger partial charge in [0, 0.05) is 12.3 Å². The second kappa shape index (κ2) is 4.81. The third kappa shape index (κ3) is 2.46. The van der Waals surface area contributed by atoms with Crippen molar-refractivity contribution in [3.8, 4) is 0 Å². The highest BCUT2D eigenvalue weighted by Crippen LogP contribution is 2.19. The van der Waals surface area contributed by atoms with Gasteiger partial charge >= 0.3 is 0 Å². The molecule has 0 saturated heterocycles. The molecule has 0 fully saturated rings. The van der Waals surface area contributed by atoms with Gasteiger partial charge < -0.3 is 0 Å². The molecular weight excluding hydrogens is 272 g/mol. The van der Waals surface area contributed by atoms with Gasteiger partial charge in [-0.2, -0.15) is 0 Å². The molecule has 0 unspecified atom stereocenters. The fourth-order valence-corrected chi connectivity index (χ4v) is 3.31. The minimum absolute atomic E-state index is 0.0268. The molecule has 5 nitrogen and oxygen atoms in total. The summed E-state index contributed by atoms with van der Waals surface area (Å²) >= 11 is 1.35. The van der Waals surface area contributed by atoms with E-state index in [4.69, 9.17) is 0 Å². The third-order valence-corrected chi connectivity index (χ3v) is 5.57. The fraction of sp³-hybridized carbons (Fsp3) is 0.455. The molecule has 0 N–H and O–H groups in total. The van der Waals surface area contributed by atoms with E-state index in [0.29, 0.717) is 10.2 Å². The van der Waals surface area contributed by atoms with Gasteiger partial charge in [-0.1, -0.05) is 6.92 Å². The van der Waals surface area contributed by atoms with E-state index in [0.717, 1.165) is 5.56 Å². The number of nitrogens with zero attached hydrogens (tertiary/aromatic N) is 2. The van der Waals surface area contributed by atoms with Gasteiger partial charge in [-0.3, -0.25) is 9.36 Å². The van der Waals surface area contributed by atoms with E-state index in [1.807, 2.05) is 12.3 Å². The van der Waals surface area contributed by atoms with Gasteiger partial charge in [-0.15, -0.1) is 11.3 Å². The van der Waals surface area contributed by atoms with E-state index in [9.17, 15) is 13.2 Å². The van der Waals surface area contributed by atoms with Crippen molar-refractivity contribution in [2.75, 3.05) is 11.5 Å². The Hall–Kier alpha value is -1.21. The van der Waals surface area contributed by atoms with Crippen LogP contribution in [0, 0.1) is 6.92 Å². The molecule has 0 amide bonds. The van der Waals surface area contributed by atoms with E-state index in [2.05, 4.69) is 4.98 Å². The lowest BCUT2D eigenvalue weighted by Gasteiger charge is -2.05. The van der Waals surface area contributed by atoms with Crippen molar-refractivity contribution in [3.05, 3.63) is 27.6 Å². The number of aryl methyl sites for hydroxylation is 2. The Morgan fingerprint density at radius 1 is 1.44 bits per heavy atom. The predicted molar refractivity (Wildman–Crippen MR) is 72.9 cm³/mol. The van der Waals surface area contributed by atoms with Gasteiger partial charge in [0.25, 0.3) is 5.56 Å². The Bertz CT molecular complexity index is 728. The molecular formula is C11H14N2O3S2. The normalized spacial score (nSPS) is 12.1. The average Bonchev–Trinajstić information content (AvgIpc) is 2.71. The Kier molecular flexibility index (Phi) is 3.54. The van der Waals surface area contributed by atoms with Gasteiger partial charge in [0.2, 0.25) is 0 Å². The maximum absolute atomic E-state index is 12.1. The highest BCUT2D eigenvalue weighted by molar-refractivity contribution is 7.91. The lowest BCUT2D eigenvalue weighted by Crippen LogP contribution is -2.24. The van der Waals surface area contributed by atoms with Crippen molar-refractivity contribution in [3.63, 3.8) is 0 Å². The molecule has 0 saturated carbocycles. The monoisotopic (exact) mass is 286 g/mol. The number of hydrogen-bond donors (Lipinski definition) is 0. The van der Waals surface area contributed by atoms with Crippen LogP contribution in [-0.2, 0) is 16.4 Å². The zero-order valence-electron chi connectivity index (χ0n) is 10.2. The van der Waals surface area contributed by atoms with Crippen LogP contribution in [0.3, 0.4) is 0 Å².